The summed E-state index contributed by atoms with van der Waals surface area (Å²) in [6.07, 6.45) is 4.13. The highest BCUT2D eigenvalue weighted by Crippen LogP contribution is 2.47. The van der Waals surface area contributed by atoms with E-state index in [0.29, 0.717) is 11.5 Å². The Hall–Kier alpha value is -1.42. The minimum Gasteiger partial charge on any atom is -0.508 e. The summed E-state index contributed by atoms with van der Waals surface area (Å²) >= 11 is 0. The summed E-state index contributed by atoms with van der Waals surface area (Å²) in [4.78, 5) is 0. The molecular formula is C12H15NO3. The molecule has 1 aromatic carbocycles. The molecule has 0 radical (unpaired) electrons. The second-order valence-corrected chi connectivity index (χ2v) is 4.59. The molecule has 1 heterocycles. The van der Waals surface area contributed by atoms with Gasteiger partial charge in [0.25, 0.3) is 0 Å². The molecule has 1 saturated carbocycles. The molecule has 1 fully saturated rings. The van der Waals surface area contributed by atoms with Crippen molar-refractivity contribution in [3.63, 3.8) is 0 Å². The molecule has 0 aromatic heterocycles. The van der Waals surface area contributed by atoms with Gasteiger partial charge >= 0.3 is 0 Å². The van der Waals surface area contributed by atoms with Gasteiger partial charge in [0.15, 0.2) is 11.5 Å². The first-order chi connectivity index (χ1) is 7.69. The van der Waals surface area contributed by atoms with Crippen LogP contribution in [0.2, 0.25) is 0 Å². The predicted molar refractivity (Wildman–Crippen MR) is 58.6 cm³/mol. The van der Waals surface area contributed by atoms with Gasteiger partial charge in [0.2, 0.25) is 6.79 Å². The molecule has 0 unspecified atom stereocenters. The molecule has 3 rings (SSSR count). The highest BCUT2D eigenvalue weighted by atomic mass is 16.7. The molecule has 0 atom stereocenters. The zero-order chi connectivity index (χ0) is 11.2. The van der Waals surface area contributed by atoms with Crippen LogP contribution in [0.15, 0.2) is 12.1 Å². The molecule has 1 aromatic rings. The molecule has 0 saturated heterocycles. The lowest BCUT2D eigenvalue weighted by Gasteiger charge is -2.25. The molecule has 86 valence electrons. The van der Waals surface area contributed by atoms with Crippen LogP contribution < -0.4 is 15.2 Å². The van der Waals surface area contributed by atoms with Crippen molar-refractivity contribution in [3.8, 4) is 17.2 Å². The Kier molecular flexibility index (Phi) is 2.01. The summed E-state index contributed by atoms with van der Waals surface area (Å²) in [5, 5.41) is 9.66. The average Bonchev–Trinajstić information content (AvgIpc) is 2.85. The van der Waals surface area contributed by atoms with E-state index < -0.39 is 0 Å². The monoisotopic (exact) mass is 221 g/mol. The van der Waals surface area contributed by atoms with Gasteiger partial charge in [-0.3, -0.25) is 0 Å². The van der Waals surface area contributed by atoms with Crippen molar-refractivity contribution in [2.75, 3.05) is 6.79 Å². The van der Waals surface area contributed by atoms with E-state index in [0.717, 1.165) is 31.2 Å². The molecular weight excluding hydrogens is 206 g/mol. The van der Waals surface area contributed by atoms with E-state index in [9.17, 15) is 5.11 Å². The van der Waals surface area contributed by atoms with Gasteiger partial charge in [0.1, 0.15) is 5.75 Å². The SMILES string of the molecule is NC1(c2cc(O)cc3c2OCO3)CCCC1. The minimum absolute atomic E-state index is 0.191. The number of ether oxygens (including phenoxy) is 2. The van der Waals surface area contributed by atoms with Crippen molar-refractivity contribution in [1.82, 2.24) is 0 Å². The Balaban J connectivity index is 2.13. The third-order valence-corrected chi connectivity index (χ3v) is 3.49. The number of rotatable bonds is 1. The van der Waals surface area contributed by atoms with Crippen molar-refractivity contribution >= 4 is 0 Å². The number of nitrogens with two attached hydrogens (primary N) is 1. The first-order valence-electron chi connectivity index (χ1n) is 5.61. The topological polar surface area (TPSA) is 64.7 Å². The molecule has 16 heavy (non-hydrogen) atoms. The zero-order valence-corrected chi connectivity index (χ0v) is 9.03. The standard InChI is InChI=1S/C12H15NO3/c13-12(3-1-2-4-12)9-5-8(14)6-10-11(9)16-7-15-10/h5-6,14H,1-4,7,13H2. The zero-order valence-electron chi connectivity index (χ0n) is 9.03. The lowest BCUT2D eigenvalue weighted by molar-refractivity contribution is 0.172. The van der Waals surface area contributed by atoms with E-state index >= 15 is 0 Å². The second-order valence-electron chi connectivity index (χ2n) is 4.59. The molecule has 0 amide bonds. The lowest BCUT2D eigenvalue weighted by atomic mass is 9.88. The third-order valence-electron chi connectivity index (χ3n) is 3.49. The van der Waals surface area contributed by atoms with E-state index in [2.05, 4.69) is 0 Å². The van der Waals surface area contributed by atoms with Crippen LogP contribution in [0, 0.1) is 0 Å². The van der Waals surface area contributed by atoms with Crippen LogP contribution in [-0.4, -0.2) is 11.9 Å². The average molecular weight is 221 g/mol. The molecule has 4 nitrogen and oxygen atoms in total. The predicted octanol–water partition coefficient (Wildman–Crippen LogP) is 1.85. The fourth-order valence-corrected chi connectivity index (χ4v) is 2.64. The second kappa shape index (κ2) is 3.28. The molecule has 4 heteroatoms. The van der Waals surface area contributed by atoms with E-state index in [-0.39, 0.29) is 18.1 Å². The Labute approximate surface area is 94.0 Å². The third kappa shape index (κ3) is 1.33. The number of hydrogen-bond donors (Lipinski definition) is 2. The summed E-state index contributed by atoms with van der Waals surface area (Å²) in [7, 11) is 0. The fourth-order valence-electron chi connectivity index (χ4n) is 2.64. The van der Waals surface area contributed by atoms with Crippen LogP contribution >= 0.6 is 0 Å². The molecule has 0 spiro atoms. The Bertz CT molecular complexity index is 425. The normalized spacial score (nSPS) is 21.3. The van der Waals surface area contributed by atoms with Crippen molar-refractivity contribution in [2.45, 2.75) is 31.2 Å². The van der Waals surface area contributed by atoms with Gasteiger partial charge in [-0.25, -0.2) is 0 Å². The fraction of sp³-hybridized carbons (Fsp3) is 0.500. The molecule has 3 N–H and O–H groups in total. The molecule has 2 aliphatic rings. The number of fused-ring (bicyclic) bond motifs is 1. The maximum atomic E-state index is 9.66. The van der Waals surface area contributed by atoms with Crippen LogP contribution in [0.1, 0.15) is 31.2 Å². The maximum Gasteiger partial charge on any atom is 0.231 e. The van der Waals surface area contributed by atoms with Gasteiger partial charge in [-0.1, -0.05) is 12.8 Å². The van der Waals surface area contributed by atoms with Gasteiger partial charge in [0, 0.05) is 17.2 Å². The number of hydrogen-bond acceptors (Lipinski definition) is 4. The van der Waals surface area contributed by atoms with Gasteiger partial charge in [-0.15, -0.1) is 0 Å². The van der Waals surface area contributed by atoms with Crippen molar-refractivity contribution in [1.29, 1.82) is 0 Å². The van der Waals surface area contributed by atoms with Crippen LogP contribution in [0.25, 0.3) is 0 Å². The van der Waals surface area contributed by atoms with Crippen LogP contribution in [0.3, 0.4) is 0 Å². The van der Waals surface area contributed by atoms with Gasteiger partial charge < -0.3 is 20.3 Å². The summed E-state index contributed by atoms with van der Waals surface area (Å²) < 4.78 is 10.7. The number of phenols is 1. The van der Waals surface area contributed by atoms with Crippen LogP contribution in [-0.2, 0) is 5.54 Å². The largest absolute Gasteiger partial charge is 0.508 e. The Morgan fingerprint density at radius 1 is 1.19 bits per heavy atom. The smallest absolute Gasteiger partial charge is 0.231 e. The van der Waals surface area contributed by atoms with E-state index in [1.807, 2.05) is 0 Å². The van der Waals surface area contributed by atoms with Gasteiger partial charge in [-0.2, -0.15) is 0 Å². The lowest BCUT2D eigenvalue weighted by Crippen LogP contribution is -2.33. The maximum absolute atomic E-state index is 9.66. The van der Waals surface area contributed by atoms with Gasteiger partial charge in [0.05, 0.1) is 0 Å². The van der Waals surface area contributed by atoms with Gasteiger partial charge in [-0.05, 0) is 18.9 Å². The van der Waals surface area contributed by atoms with E-state index in [4.69, 9.17) is 15.2 Å². The highest BCUT2D eigenvalue weighted by molar-refractivity contribution is 5.55. The Morgan fingerprint density at radius 3 is 2.69 bits per heavy atom. The number of phenolic OH excluding ortho intramolecular Hbond substituents is 1. The molecule has 0 bridgehead atoms. The summed E-state index contributed by atoms with van der Waals surface area (Å²) in [6, 6.07) is 3.28. The van der Waals surface area contributed by atoms with E-state index in [1.54, 1.807) is 12.1 Å². The minimum atomic E-state index is -0.365. The summed E-state index contributed by atoms with van der Waals surface area (Å²) in [5.74, 6) is 1.50. The first kappa shape index (κ1) is 9.78. The highest BCUT2D eigenvalue weighted by Gasteiger charge is 2.36. The first-order valence-corrected chi connectivity index (χ1v) is 5.61. The van der Waals surface area contributed by atoms with E-state index in [1.165, 1.54) is 0 Å². The molecule has 1 aliphatic carbocycles. The number of aromatic hydroxyl groups is 1. The summed E-state index contributed by atoms with van der Waals surface area (Å²) in [6.45, 7) is 0.210. The van der Waals surface area contributed by atoms with Crippen LogP contribution in [0.4, 0.5) is 0 Å². The molecule has 1 aliphatic heterocycles. The quantitative estimate of drug-likeness (QED) is 0.759. The van der Waals surface area contributed by atoms with Crippen molar-refractivity contribution < 1.29 is 14.6 Å². The van der Waals surface area contributed by atoms with Crippen molar-refractivity contribution in [3.05, 3.63) is 17.7 Å². The Morgan fingerprint density at radius 2 is 1.94 bits per heavy atom. The number of benzene rings is 1. The van der Waals surface area contributed by atoms with Crippen LogP contribution in [0.5, 0.6) is 17.2 Å². The van der Waals surface area contributed by atoms with Crippen molar-refractivity contribution in [2.24, 2.45) is 5.73 Å². The summed E-state index contributed by atoms with van der Waals surface area (Å²) in [5.41, 5.74) is 6.90.